The molecule has 0 radical (unpaired) electrons. The van der Waals surface area contributed by atoms with Crippen LogP contribution in [-0.4, -0.2) is 51.3 Å². The number of hydrogen-bond acceptors (Lipinski definition) is 5. The first-order valence-corrected chi connectivity index (χ1v) is 8.97. The van der Waals surface area contributed by atoms with E-state index in [2.05, 4.69) is 63.3 Å². The fourth-order valence-electron chi connectivity index (χ4n) is 3.28. The van der Waals surface area contributed by atoms with E-state index < -0.39 is 0 Å². The summed E-state index contributed by atoms with van der Waals surface area (Å²) in [4.78, 5) is 10.8. The number of H-pyrrole nitrogens is 1. The molecule has 2 aromatic heterocycles. The summed E-state index contributed by atoms with van der Waals surface area (Å²) < 4.78 is 6.29. The summed E-state index contributed by atoms with van der Waals surface area (Å²) in [7, 11) is 2.15. The van der Waals surface area contributed by atoms with E-state index in [1.807, 2.05) is 6.07 Å². The maximum absolute atomic E-state index is 6.29. The van der Waals surface area contributed by atoms with Crippen molar-refractivity contribution in [3.8, 4) is 28.4 Å². The zero-order valence-electron chi connectivity index (χ0n) is 15.1. The second-order valence-electron chi connectivity index (χ2n) is 6.86. The van der Waals surface area contributed by atoms with Gasteiger partial charge in [0.25, 0.3) is 0 Å². The zero-order chi connectivity index (χ0) is 17.9. The van der Waals surface area contributed by atoms with Crippen LogP contribution in [0.5, 0.6) is 5.88 Å². The standard InChI is InChI=1S/C20H23N5O/c1-14-3-5-15(6-4-14)19-18(17-7-10-21-13-22-17)20(24-23-19)26-16-8-11-25(2)12-9-16/h3-7,10,13,16H,8-9,11-12H2,1-2H3,(H,23,24). The highest BCUT2D eigenvalue weighted by molar-refractivity contribution is 5.82. The summed E-state index contributed by atoms with van der Waals surface area (Å²) in [5.74, 6) is 0.619. The first-order chi connectivity index (χ1) is 12.7. The van der Waals surface area contributed by atoms with Gasteiger partial charge >= 0.3 is 0 Å². The number of rotatable bonds is 4. The van der Waals surface area contributed by atoms with Gasteiger partial charge < -0.3 is 9.64 Å². The second kappa shape index (κ2) is 7.25. The van der Waals surface area contributed by atoms with Gasteiger partial charge in [0.05, 0.1) is 17.0 Å². The Morgan fingerprint density at radius 3 is 2.58 bits per heavy atom. The van der Waals surface area contributed by atoms with E-state index in [1.54, 1.807) is 12.5 Å². The molecule has 3 heterocycles. The van der Waals surface area contributed by atoms with Gasteiger partial charge in [0.2, 0.25) is 5.88 Å². The summed E-state index contributed by atoms with van der Waals surface area (Å²) in [6.07, 6.45) is 5.49. The fraction of sp³-hybridized carbons (Fsp3) is 0.350. The third kappa shape index (κ3) is 3.46. The number of aromatic nitrogens is 4. The lowest BCUT2D eigenvalue weighted by atomic mass is 10.0. The first-order valence-electron chi connectivity index (χ1n) is 8.97. The van der Waals surface area contributed by atoms with Crippen LogP contribution in [0.2, 0.25) is 0 Å². The molecule has 4 rings (SSSR count). The van der Waals surface area contributed by atoms with Gasteiger partial charge in [0.1, 0.15) is 12.4 Å². The first kappa shape index (κ1) is 16.7. The molecule has 0 saturated carbocycles. The summed E-state index contributed by atoms with van der Waals surface area (Å²) in [5, 5.41) is 7.64. The average Bonchev–Trinajstić information content (AvgIpc) is 3.08. The number of aromatic amines is 1. The molecule has 26 heavy (non-hydrogen) atoms. The Bertz CT molecular complexity index is 852. The molecule has 1 aliphatic rings. The number of benzene rings is 1. The van der Waals surface area contributed by atoms with Crippen LogP contribution < -0.4 is 4.74 Å². The topological polar surface area (TPSA) is 66.9 Å². The third-order valence-electron chi connectivity index (χ3n) is 4.86. The van der Waals surface area contributed by atoms with Gasteiger partial charge in [-0.2, -0.15) is 0 Å². The molecule has 3 aromatic rings. The smallest absolute Gasteiger partial charge is 0.243 e. The van der Waals surface area contributed by atoms with Gasteiger partial charge in [-0.25, -0.2) is 9.97 Å². The van der Waals surface area contributed by atoms with E-state index in [1.165, 1.54) is 5.56 Å². The van der Waals surface area contributed by atoms with Crippen LogP contribution in [0.4, 0.5) is 0 Å². The van der Waals surface area contributed by atoms with Crippen molar-refractivity contribution in [2.75, 3.05) is 20.1 Å². The molecule has 0 atom stereocenters. The number of nitrogens with zero attached hydrogens (tertiary/aromatic N) is 4. The lowest BCUT2D eigenvalue weighted by molar-refractivity contribution is 0.110. The number of ether oxygens (including phenoxy) is 1. The van der Waals surface area contributed by atoms with E-state index in [4.69, 9.17) is 4.74 Å². The molecule has 6 nitrogen and oxygen atoms in total. The van der Waals surface area contributed by atoms with Crippen molar-refractivity contribution in [3.63, 3.8) is 0 Å². The van der Waals surface area contributed by atoms with Gasteiger partial charge in [-0.3, -0.25) is 5.10 Å². The molecule has 1 saturated heterocycles. The Kier molecular flexibility index (Phi) is 4.67. The molecule has 1 aliphatic heterocycles. The highest BCUT2D eigenvalue weighted by Crippen LogP contribution is 2.37. The van der Waals surface area contributed by atoms with E-state index in [0.29, 0.717) is 5.88 Å². The lowest BCUT2D eigenvalue weighted by Gasteiger charge is -2.28. The molecule has 0 aliphatic carbocycles. The predicted octanol–water partition coefficient (Wildman–Crippen LogP) is 3.32. The number of piperidine rings is 1. The quantitative estimate of drug-likeness (QED) is 0.783. The minimum absolute atomic E-state index is 0.181. The van der Waals surface area contributed by atoms with Gasteiger partial charge in [-0.05, 0) is 32.9 Å². The summed E-state index contributed by atoms with van der Waals surface area (Å²) in [6.45, 7) is 4.17. The van der Waals surface area contributed by atoms with Crippen LogP contribution in [0.3, 0.4) is 0 Å². The van der Waals surface area contributed by atoms with Gasteiger partial charge in [-0.15, -0.1) is 5.10 Å². The fourth-order valence-corrected chi connectivity index (χ4v) is 3.28. The van der Waals surface area contributed by atoms with Gasteiger partial charge in [0, 0.05) is 24.8 Å². The molecular weight excluding hydrogens is 326 g/mol. The maximum atomic E-state index is 6.29. The van der Waals surface area contributed by atoms with Crippen LogP contribution in [0.15, 0.2) is 42.9 Å². The summed E-state index contributed by atoms with van der Waals surface area (Å²) >= 11 is 0. The van der Waals surface area contributed by atoms with E-state index in [-0.39, 0.29) is 6.10 Å². The zero-order valence-corrected chi connectivity index (χ0v) is 15.1. The predicted molar refractivity (Wildman–Crippen MR) is 101 cm³/mol. The van der Waals surface area contributed by atoms with Crippen molar-refractivity contribution in [2.45, 2.75) is 25.9 Å². The lowest BCUT2D eigenvalue weighted by Crippen LogP contribution is -2.35. The van der Waals surface area contributed by atoms with Crippen molar-refractivity contribution in [1.82, 2.24) is 25.1 Å². The summed E-state index contributed by atoms with van der Waals surface area (Å²) in [6, 6.07) is 10.3. The van der Waals surface area contributed by atoms with Crippen LogP contribution in [0.25, 0.3) is 22.5 Å². The van der Waals surface area contributed by atoms with E-state index in [0.717, 1.165) is 48.4 Å². The molecule has 1 N–H and O–H groups in total. The molecule has 1 fully saturated rings. The molecule has 1 aromatic carbocycles. The van der Waals surface area contributed by atoms with Crippen LogP contribution in [-0.2, 0) is 0 Å². The third-order valence-corrected chi connectivity index (χ3v) is 4.86. The number of likely N-dealkylation sites (tertiary alicyclic amines) is 1. The van der Waals surface area contributed by atoms with Gasteiger partial charge in [0.15, 0.2) is 0 Å². The highest BCUT2D eigenvalue weighted by Gasteiger charge is 2.24. The maximum Gasteiger partial charge on any atom is 0.243 e. The molecular formula is C20H23N5O. The molecule has 6 heteroatoms. The monoisotopic (exact) mass is 349 g/mol. The summed E-state index contributed by atoms with van der Waals surface area (Å²) in [5.41, 5.74) is 4.92. The normalized spacial score (nSPS) is 15.9. The second-order valence-corrected chi connectivity index (χ2v) is 6.86. The van der Waals surface area contributed by atoms with Crippen molar-refractivity contribution in [2.24, 2.45) is 0 Å². The molecule has 134 valence electrons. The Labute approximate surface area is 153 Å². The van der Waals surface area contributed by atoms with Crippen molar-refractivity contribution in [1.29, 1.82) is 0 Å². The molecule has 0 bridgehead atoms. The Hall–Kier alpha value is -2.73. The van der Waals surface area contributed by atoms with Crippen molar-refractivity contribution < 1.29 is 4.74 Å². The Balaban J connectivity index is 1.71. The number of hydrogen-bond donors (Lipinski definition) is 1. The van der Waals surface area contributed by atoms with Crippen LogP contribution in [0.1, 0.15) is 18.4 Å². The van der Waals surface area contributed by atoms with Crippen molar-refractivity contribution >= 4 is 0 Å². The molecule has 0 amide bonds. The van der Waals surface area contributed by atoms with Gasteiger partial charge in [-0.1, -0.05) is 29.8 Å². The molecule has 0 spiro atoms. The minimum Gasteiger partial charge on any atom is -0.473 e. The Morgan fingerprint density at radius 1 is 1.12 bits per heavy atom. The van der Waals surface area contributed by atoms with E-state index >= 15 is 0 Å². The average molecular weight is 349 g/mol. The highest BCUT2D eigenvalue weighted by atomic mass is 16.5. The largest absolute Gasteiger partial charge is 0.473 e. The number of nitrogens with one attached hydrogen (secondary N) is 1. The minimum atomic E-state index is 0.181. The number of aryl methyl sites for hydroxylation is 1. The Morgan fingerprint density at radius 2 is 1.88 bits per heavy atom. The van der Waals surface area contributed by atoms with Crippen molar-refractivity contribution in [3.05, 3.63) is 48.4 Å². The van der Waals surface area contributed by atoms with Crippen LogP contribution >= 0.6 is 0 Å². The van der Waals surface area contributed by atoms with E-state index in [9.17, 15) is 0 Å². The SMILES string of the molecule is Cc1ccc(-c2[nH]nc(OC3CCN(C)CC3)c2-c2ccncn2)cc1. The van der Waals surface area contributed by atoms with Crippen LogP contribution in [0, 0.1) is 6.92 Å². The molecule has 0 unspecified atom stereocenters.